The number of aliphatic carboxylic acids is 1. The number of thiol groups is 1. The highest BCUT2D eigenvalue weighted by molar-refractivity contribution is 7.80. The van der Waals surface area contributed by atoms with Gasteiger partial charge in [-0.05, 0) is 55.3 Å². The molecule has 0 heterocycles. The van der Waals surface area contributed by atoms with Crippen LogP contribution in [0.4, 0.5) is 0 Å². The van der Waals surface area contributed by atoms with Gasteiger partial charge >= 0.3 is 5.97 Å². The second-order valence-corrected chi connectivity index (χ2v) is 17.6. The maximum absolute atomic E-state index is 13.5. The molecule has 0 bridgehead atoms. The number of hydrogen-bond donors (Lipinski definition) is 12. The predicted molar refractivity (Wildman–Crippen MR) is 234 cm³/mol. The highest BCUT2D eigenvalue weighted by Crippen LogP contribution is 2.12. The largest absolute Gasteiger partial charge is 0.480 e. The van der Waals surface area contributed by atoms with Crippen LogP contribution in [0.3, 0.4) is 0 Å². The molecule has 0 fully saturated rings. The third-order valence-corrected chi connectivity index (χ3v) is 9.60. The molecule has 0 aliphatic carbocycles. The van der Waals surface area contributed by atoms with Crippen molar-refractivity contribution in [2.24, 2.45) is 41.1 Å². The van der Waals surface area contributed by atoms with Crippen molar-refractivity contribution in [1.82, 2.24) is 42.5 Å². The average Bonchev–Trinajstić information content (AvgIpc) is 3.16. The lowest BCUT2D eigenvalue weighted by atomic mass is 9.98. The molecule has 21 nitrogen and oxygen atoms in total. The van der Waals surface area contributed by atoms with E-state index in [4.69, 9.17) is 11.5 Å². The van der Waals surface area contributed by atoms with E-state index in [0.717, 1.165) is 0 Å². The number of carboxylic acids is 1. The molecule has 0 aliphatic heterocycles. The van der Waals surface area contributed by atoms with E-state index in [9.17, 15) is 53.1 Å². The van der Waals surface area contributed by atoms with Crippen molar-refractivity contribution in [3.8, 4) is 0 Å². The molecular formula is C40H72N10O11S. The molecule has 0 saturated heterocycles. The summed E-state index contributed by atoms with van der Waals surface area (Å²) in [4.78, 5) is 127. The van der Waals surface area contributed by atoms with Gasteiger partial charge in [0.2, 0.25) is 53.2 Å². The van der Waals surface area contributed by atoms with Crippen LogP contribution in [0.25, 0.3) is 0 Å². The normalized spacial score (nSPS) is 14.7. The Balaban J connectivity index is 5.52. The highest BCUT2D eigenvalue weighted by Gasteiger charge is 2.34. The molecule has 22 heteroatoms. The molecular weight excluding hydrogens is 829 g/mol. The van der Waals surface area contributed by atoms with Gasteiger partial charge in [-0.3, -0.25) is 43.2 Å². The van der Waals surface area contributed by atoms with Crippen molar-refractivity contribution in [2.75, 3.05) is 18.8 Å². The van der Waals surface area contributed by atoms with Gasteiger partial charge in [-0.2, -0.15) is 12.6 Å². The molecule has 0 rings (SSSR count). The van der Waals surface area contributed by atoms with E-state index < -0.39 is 126 Å². The zero-order chi connectivity index (χ0) is 48.0. The molecule has 0 unspecified atom stereocenters. The number of carbonyl (C=O) groups is 10. The molecule has 0 spiro atoms. The van der Waals surface area contributed by atoms with Gasteiger partial charge in [-0.15, -0.1) is 0 Å². The number of amides is 9. The van der Waals surface area contributed by atoms with Crippen LogP contribution in [0.2, 0.25) is 0 Å². The molecule has 0 aromatic heterocycles. The van der Waals surface area contributed by atoms with Crippen molar-refractivity contribution in [1.29, 1.82) is 0 Å². The summed E-state index contributed by atoms with van der Waals surface area (Å²) in [5, 5.41) is 29.6. The fraction of sp³-hybridized carbons (Fsp3) is 0.750. The monoisotopic (exact) mass is 901 g/mol. The van der Waals surface area contributed by atoms with Crippen molar-refractivity contribution in [3.63, 3.8) is 0 Å². The third-order valence-electron chi connectivity index (χ3n) is 9.24. The van der Waals surface area contributed by atoms with Crippen LogP contribution in [0.5, 0.6) is 0 Å². The molecule has 0 aromatic carbocycles. The Hall–Kier alpha value is -4.99. The maximum atomic E-state index is 13.5. The lowest BCUT2D eigenvalue weighted by molar-refractivity contribution is -0.143. The first-order chi connectivity index (χ1) is 28.7. The number of carboxylic acid groups (broad SMARTS) is 1. The van der Waals surface area contributed by atoms with Crippen molar-refractivity contribution >= 4 is 71.8 Å². The smallest absolute Gasteiger partial charge is 0.326 e. The number of nitrogens with one attached hydrogen (secondary N) is 8. The van der Waals surface area contributed by atoms with Crippen molar-refractivity contribution < 1.29 is 53.1 Å². The SMILES string of the molecule is CC(C)C[C@H](NC(=O)[C@H](CC(C)C)NC(=O)[C@@H](N)CCC(N)=O)C(=O)N[C@@H](CS)C(=O)NCC(=O)NCC(=O)N[C@H](C(=O)N[C@@H](CC(C)C)C(=O)N[C@H](C(=O)O)C(C)C)C(C)C. The van der Waals surface area contributed by atoms with E-state index >= 15 is 0 Å². The van der Waals surface area contributed by atoms with Crippen molar-refractivity contribution in [2.45, 2.75) is 144 Å². The lowest BCUT2D eigenvalue weighted by Gasteiger charge is -2.27. The summed E-state index contributed by atoms with van der Waals surface area (Å²) in [6, 6.07) is -7.99. The summed E-state index contributed by atoms with van der Waals surface area (Å²) >= 11 is 4.17. The molecule has 9 amide bonds. The van der Waals surface area contributed by atoms with E-state index in [2.05, 4.69) is 55.2 Å². The zero-order valence-electron chi connectivity index (χ0n) is 37.7. The Morgan fingerprint density at radius 3 is 1.31 bits per heavy atom. The topological polar surface area (TPSA) is 339 Å². The van der Waals surface area contributed by atoms with Crippen molar-refractivity contribution in [3.05, 3.63) is 0 Å². The molecule has 0 radical (unpaired) electrons. The lowest BCUT2D eigenvalue weighted by Crippen LogP contribution is -2.59. The Labute approximate surface area is 370 Å². The molecule has 62 heavy (non-hydrogen) atoms. The predicted octanol–water partition coefficient (Wildman–Crippen LogP) is -1.81. The van der Waals surface area contributed by atoms with E-state index in [-0.39, 0.29) is 55.6 Å². The Kier molecular flexibility index (Phi) is 26.3. The molecule has 0 aliphatic rings. The Morgan fingerprint density at radius 1 is 0.500 bits per heavy atom. The highest BCUT2D eigenvalue weighted by atomic mass is 32.1. The molecule has 0 aromatic rings. The van der Waals surface area contributed by atoms with Crippen LogP contribution in [-0.2, 0) is 47.9 Å². The quantitative estimate of drug-likeness (QED) is 0.0370. The second kappa shape index (κ2) is 28.6. The summed E-state index contributed by atoms with van der Waals surface area (Å²) in [5.41, 5.74) is 11.0. The van der Waals surface area contributed by atoms with Crippen LogP contribution in [0.1, 0.15) is 101 Å². The van der Waals surface area contributed by atoms with Crippen LogP contribution in [0, 0.1) is 29.6 Å². The summed E-state index contributed by atoms with van der Waals surface area (Å²) in [6.07, 6.45) is 0.389. The van der Waals surface area contributed by atoms with E-state index in [1.165, 1.54) is 0 Å². The molecule has 0 saturated carbocycles. The summed E-state index contributed by atoms with van der Waals surface area (Å²) in [6.45, 7) is 16.3. The number of carbonyl (C=O) groups excluding carboxylic acids is 9. The van der Waals surface area contributed by atoms with Gasteiger partial charge in [-0.25, -0.2) is 4.79 Å². The number of rotatable bonds is 29. The average molecular weight is 901 g/mol. The number of hydrogen-bond acceptors (Lipinski definition) is 12. The maximum Gasteiger partial charge on any atom is 0.326 e. The van der Waals surface area contributed by atoms with Crippen LogP contribution in [0.15, 0.2) is 0 Å². The summed E-state index contributed by atoms with van der Waals surface area (Å²) in [7, 11) is 0. The van der Waals surface area contributed by atoms with Crippen LogP contribution >= 0.6 is 12.6 Å². The minimum absolute atomic E-state index is 0.0268. The third kappa shape index (κ3) is 22.7. The summed E-state index contributed by atoms with van der Waals surface area (Å²) < 4.78 is 0. The van der Waals surface area contributed by atoms with Crippen LogP contribution in [-0.4, -0.2) is 125 Å². The first kappa shape index (κ1) is 57.0. The van der Waals surface area contributed by atoms with Gasteiger partial charge in [0.15, 0.2) is 0 Å². The Bertz CT molecular complexity index is 1560. The van der Waals surface area contributed by atoms with E-state index in [0.29, 0.717) is 0 Å². The molecule has 13 N–H and O–H groups in total. The van der Waals surface area contributed by atoms with E-state index in [1.54, 1.807) is 27.7 Å². The van der Waals surface area contributed by atoms with E-state index in [1.807, 2.05) is 41.5 Å². The van der Waals surface area contributed by atoms with Gasteiger partial charge in [0, 0.05) is 12.2 Å². The minimum atomic E-state index is -1.25. The summed E-state index contributed by atoms with van der Waals surface area (Å²) in [5.74, 6) is -8.95. The Morgan fingerprint density at radius 2 is 0.903 bits per heavy atom. The molecule has 7 atom stereocenters. The minimum Gasteiger partial charge on any atom is -0.480 e. The first-order valence-electron chi connectivity index (χ1n) is 20.9. The first-order valence-corrected chi connectivity index (χ1v) is 21.6. The van der Waals surface area contributed by atoms with Gasteiger partial charge in [0.05, 0.1) is 19.1 Å². The number of nitrogens with two attached hydrogens (primary N) is 2. The fourth-order valence-corrected chi connectivity index (χ4v) is 6.13. The van der Waals surface area contributed by atoms with Gasteiger partial charge in [0.25, 0.3) is 0 Å². The fourth-order valence-electron chi connectivity index (χ4n) is 5.88. The standard InChI is InChI=1S/C40H72N10O11S/c1-19(2)13-25(45-34(54)24(41)11-12-29(42)51)36(56)46-26(14-20(3)4)37(57)48-28(18-62)35(55)44-16-30(52)43-17-31(53)49-32(22(7)8)39(59)47-27(15-21(5)6)38(58)50-33(23(9)10)40(60)61/h19-28,32-33,62H,11-18,41H2,1-10H3,(H2,42,51)(H,43,52)(H,44,55)(H,45,54)(H,46,56)(H,47,59)(H,48,57)(H,49,53)(H,50,58)(H,60,61)/t24-,25-,26-,27-,28-,32-,33-/m0/s1. The van der Waals surface area contributed by atoms with Crippen LogP contribution < -0.4 is 54.0 Å². The zero-order valence-corrected chi connectivity index (χ0v) is 38.6. The van der Waals surface area contributed by atoms with Gasteiger partial charge < -0.3 is 59.1 Å². The second-order valence-electron chi connectivity index (χ2n) is 17.3. The van der Waals surface area contributed by atoms with Gasteiger partial charge in [0.1, 0.15) is 36.3 Å². The number of primary amides is 1. The van der Waals surface area contributed by atoms with Gasteiger partial charge in [-0.1, -0.05) is 69.2 Å². The molecule has 354 valence electrons.